The van der Waals surface area contributed by atoms with Crippen molar-refractivity contribution in [3.8, 4) is 5.75 Å². The topological polar surface area (TPSA) is 49.3 Å². The Morgan fingerprint density at radius 3 is 2.74 bits per heavy atom. The third-order valence-corrected chi connectivity index (χ3v) is 3.74. The van der Waals surface area contributed by atoms with Crippen LogP contribution < -0.4 is 5.32 Å². The molecule has 104 valence electrons. The lowest BCUT2D eigenvalue weighted by Crippen LogP contribution is -2.14. The Morgan fingerprint density at radius 2 is 2.05 bits per heavy atom. The van der Waals surface area contributed by atoms with Gasteiger partial charge in [0.2, 0.25) is 5.91 Å². The Hall–Kier alpha value is -1.58. The summed E-state index contributed by atoms with van der Waals surface area (Å²) in [6.07, 6.45) is 7.70. The molecule has 1 amide bonds. The van der Waals surface area contributed by atoms with Crippen LogP contribution in [0.5, 0.6) is 5.75 Å². The first-order valence-corrected chi connectivity index (χ1v) is 6.93. The Balaban J connectivity index is 1.78. The van der Waals surface area contributed by atoms with Gasteiger partial charge < -0.3 is 10.4 Å². The summed E-state index contributed by atoms with van der Waals surface area (Å²) >= 11 is 0. The van der Waals surface area contributed by atoms with Crippen LogP contribution in [0.15, 0.2) is 18.2 Å². The average Bonchev–Trinajstić information content (AvgIpc) is 2.42. The molecule has 0 saturated heterocycles. The smallest absolute Gasteiger partial charge is 0.224 e. The molecule has 1 fully saturated rings. The van der Waals surface area contributed by atoms with E-state index in [1.54, 1.807) is 0 Å². The van der Waals surface area contributed by atoms with Crippen molar-refractivity contribution < 1.29 is 14.3 Å². The molecular formula is C15H20FNO2. The van der Waals surface area contributed by atoms with Gasteiger partial charge in [-0.3, -0.25) is 4.79 Å². The molecule has 19 heavy (non-hydrogen) atoms. The molecular weight excluding hydrogens is 245 g/mol. The fourth-order valence-corrected chi connectivity index (χ4v) is 2.62. The minimum Gasteiger partial charge on any atom is -0.505 e. The second-order valence-corrected chi connectivity index (χ2v) is 5.26. The number of phenols is 1. The molecule has 0 atom stereocenters. The van der Waals surface area contributed by atoms with Crippen molar-refractivity contribution in [1.82, 2.24) is 0 Å². The lowest BCUT2D eigenvalue weighted by molar-refractivity contribution is -0.116. The predicted molar refractivity (Wildman–Crippen MR) is 72.5 cm³/mol. The van der Waals surface area contributed by atoms with Gasteiger partial charge in [-0.05, 0) is 24.5 Å². The average molecular weight is 265 g/mol. The highest BCUT2D eigenvalue weighted by molar-refractivity contribution is 5.90. The molecule has 1 saturated carbocycles. The van der Waals surface area contributed by atoms with Crippen LogP contribution in [-0.2, 0) is 4.79 Å². The summed E-state index contributed by atoms with van der Waals surface area (Å²) in [4.78, 5) is 11.8. The highest BCUT2D eigenvalue weighted by Crippen LogP contribution is 2.27. The number of anilines is 1. The fraction of sp³-hybridized carbons (Fsp3) is 0.533. The number of nitrogens with one attached hydrogen (secondary N) is 1. The zero-order chi connectivity index (χ0) is 13.7. The summed E-state index contributed by atoms with van der Waals surface area (Å²) < 4.78 is 13.1. The summed E-state index contributed by atoms with van der Waals surface area (Å²) in [5, 5.41) is 11.7. The van der Waals surface area contributed by atoms with Crippen LogP contribution in [0.1, 0.15) is 44.9 Å². The van der Waals surface area contributed by atoms with Gasteiger partial charge >= 0.3 is 0 Å². The number of aromatic hydroxyl groups is 1. The molecule has 0 heterocycles. The van der Waals surface area contributed by atoms with Crippen molar-refractivity contribution in [2.45, 2.75) is 44.9 Å². The number of hydrogen-bond donors (Lipinski definition) is 2. The highest BCUT2D eigenvalue weighted by Gasteiger charge is 2.15. The van der Waals surface area contributed by atoms with E-state index in [9.17, 15) is 9.18 Å². The normalized spacial score (nSPS) is 16.3. The largest absolute Gasteiger partial charge is 0.505 e. The van der Waals surface area contributed by atoms with Crippen LogP contribution in [0, 0.1) is 11.7 Å². The number of phenolic OH excluding ortho intramolecular Hbond substituents is 1. The van der Waals surface area contributed by atoms with Crippen LogP contribution in [0.25, 0.3) is 0 Å². The van der Waals surface area contributed by atoms with E-state index < -0.39 is 11.6 Å². The quantitative estimate of drug-likeness (QED) is 0.813. The molecule has 2 N–H and O–H groups in total. The van der Waals surface area contributed by atoms with Gasteiger partial charge in [-0.25, -0.2) is 4.39 Å². The van der Waals surface area contributed by atoms with Crippen molar-refractivity contribution in [1.29, 1.82) is 0 Å². The van der Waals surface area contributed by atoms with Crippen molar-refractivity contribution in [2.24, 2.45) is 5.92 Å². The number of benzene rings is 1. The molecule has 2 rings (SSSR count). The number of hydrogen-bond acceptors (Lipinski definition) is 2. The van der Waals surface area contributed by atoms with Gasteiger partial charge in [-0.1, -0.05) is 32.1 Å². The van der Waals surface area contributed by atoms with E-state index >= 15 is 0 Å². The van der Waals surface area contributed by atoms with Gasteiger partial charge in [-0.15, -0.1) is 0 Å². The van der Waals surface area contributed by atoms with E-state index in [1.807, 2.05) is 0 Å². The van der Waals surface area contributed by atoms with Crippen LogP contribution in [0.2, 0.25) is 0 Å². The molecule has 1 aromatic carbocycles. The van der Waals surface area contributed by atoms with Crippen LogP contribution in [-0.4, -0.2) is 11.0 Å². The maximum atomic E-state index is 13.1. The third kappa shape index (κ3) is 4.23. The van der Waals surface area contributed by atoms with Gasteiger partial charge in [0.05, 0.1) is 0 Å². The van der Waals surface area contributed by atoms with Crippen LogP contribution in [0.3, 0.4) is 0 Å². The molecule has 0 aromatic heterocycles. The Labute approximate surface area is 112 Å². The SMILES string of the molecule is O=C(CCC1CCCCC1)Nc1ccc(O)c(F)c1. The molecule has 0 bridgehead atoms. The molecule has 0 spiro atoms. The van der Waals surface area contributed by atoms with Gasteiger partial charge in [0.15, 0.2) is 11.6 Å². The molecule has 0 radical (unpaired) electrons. The van der Waals surface area contributed by atoms with Gasteiger partial charge in [-0.2, -0.15) is 0 Å². The van der Waals surface area contributed by atoms with Crippen molar-refractivity contribution in [2.75, 3.05) is 5.32 Å². The van der Waals surface area contributed by atoms with Crippen molar-refractivity contribution >= 4 is 11.6 Å². The van der Waals surface area contributed by atoms with E-state index in [0.29, 0.717) is 18.0 Å². The van der Waals surface area contributed by atoms with E-state index in [-0.39, 0.29) is 5.91 Å². The molecule has 0 aliphatic heterocycles. The van der Waals surface area contributed by atoms with E-state index in [4.69, 9.17) is 5.11 Å². The summed E-state index contributed by atoms with van der Waals surface area (Å²) in [6.45, 7) is 0. The molecule has 4 heteroatoms. The van der Waals surface area contributed by atoms with Gasteiger partial charge in [0, 0.05) is 18.2 Å². The number of carbonyl (C=O) groups excluding carboxylic acids is 1. The zero-order valence-corrected chi connectivity index (χ0v) is 11.0. The van der Waals surface area contributed by atoms with Crippen molar-refractivity contribution in [3.05, 3.63) is 24.0 Å². The molecule has 1 aliphatic carbocycles. The third-order valence-electron chi connectivity index (χ3n) is 3.74. The zero-order valence-electron chi connectivity index (χ0n) is 11.0. The first kappa shape index (κ1) is 13.8. The molecule has 0 unspecified atom stereocenters. The van der Waals surface area contributed by atoms with E-state index in [2.05, 4.69) is 5.32 Å². The lowest BCUT2D eigenvalue weighted by atomic mass is 9.86. The van der Waals surface area contributed by atoms with E-state index in [0.717, 1.165) is 12.5 Å². The summed E-state index contributed by atoms with van der Waals surface area (Å²) in [5.41, 5.74) is 0.393. The molecule has 3 nitrogen and oxygen atoms in total. The second kappa shape index (κ2) is 6.55. The number of amides is 1. The molecule has 1 aliphatic rings. The fourth-order valence-electron chi connectivity index (χ4n) is 2.62. The van der Waals surface area contributed by atoms with Gasteiger partial charge in [0.1, 0.15) is 0 Å². The lowest BCUT2D eigenvalue weighted by Gasteiger charge is -2.20. The summed E-state index contributed by atoms with van der Waals surface area (Å²) in [5.74, 6) is -0.544. The highest BCUT2D eigenvalue weighted by atomic mass is 19.1. The second-order valence-electron chi connectivity index (χ2n) is 5.26. The number of carbonyl (C=O) groups is 1. The Morgan fingerprint density at radius 1 is 1.32 bits per heavy atom. The first-order valence-electron chi connectivity index (χ1n) is 6.93. The van der Waals surface area contributed by atoms with Crippen molar-refractivity contribution in [3.63, 3.8) is 0 Å². The number of rotatable bonds is 4. The monoisotopic (exact) mass is 265 g/mol. The van der Waals surface area contributed by atoms with Crippen LogP contribution in [0.4, 0.5) is 10.1 Å². The maximum Gasteiger partial charge on any atom is 0.224 e. The van der Waals surface area contributed by atoms with Crippen LogP contribution >= 0.6 is 0 Å². The minimum atomic E-state index is -0.718. The minimum absolute atomic E-state index is 0.0873. The standard InChI is InChI=1S/C15H20FNO2/c16-13-10-12(7-8-14(13)18)17-15(19)9-6-11-4-2-1-3-5-11/h7-8,10-11,18H,1-6,9H2,(H,17,19). The Bertz CT molecular complexity index is 442. The summed E-state index contributed by atoms with van der Waals surface area (Å²) in [7, 11) is 0. The first-order chi connectivity index (χ1) is 9.15. The number of halogens is 1. The predicted octanol–water partition coefficient (Wildman–Crippen LogP) is 3.83. The Kier molecular flexibility index (Phi) is 4.77. The van der Waals surface area contributed by atoms with E-state index in [1.165, 1.54) is 44.2 Å². The van der Waals surface area contributed by atoms with Gasteiger partial charge in [0.25, 0.3) is 0 Å². The maximum absolute atomic E-state index is 13.1. The summed E-state index contributed by atoms with van der Waals surface area (Å²) in [6, 6.07) is 3.87. The molecule has 1 aromatic rings.